The molecule has 0 spiro atoms. The molecule has 0 saturated heterocycles. The summed E-state index contributed by atoms with van der Waals surface area (Å²) in [6, 6.07) is 26.4. The van der Waals surface area contributed by atoms with Crippen LogP contribution in [0.1, 0.15) is 157 Å². The molecule has 4 aromatic carbocycles. The summed E-state index contributed by atoms with van der Waals surface area (Å²) in [6.07, 6.45) is 1.85. The van der Waals surface area contributed by atoms with Crippen LogP contribution in [0.5, 0.6) is 0 Å². The van der Waals surface area contributed by atoms with Gasteiger partial charge in [-0.15, -0.1) is 0 Å². The molecule has 0 unspecified atom stereocenters. The van der Waals surface area contributed by atoms with E-state index in [4.69, 9.17) is 9.47 Å². The molecule has 0 aromatic heterocycles. The Bertz CT molecular complexity index is 2070. The van der Waals surface area contributed by atoms with Gasteiger partial charge in [0.25, 0.3) is 0 Å². The Morgan fingerprint density at radius 1 is 0.386 bits per heavy atom. The maximum atomic E-state index is 12.6. The molecule has 16 nitrogen and oxygen atoms in total. The van der Waals surface area contributed by atoms with Gasteiger partial charge in [0.2, 0.25) is 0 Å². The quantitative estimate of drug-likeness (QED) is 0.0233. The Hall–Kier alpha value is -6.14. The number of nitrogens with one attached hydrogen (secondary N) is 4. The van der Waals surface area contributed by atoms with E-state index in [2.05, 4.69) is 21.3 Å². The van der Waals surface area contributed by atoms with Crippen molar-refractivity contribution in [1.29, 1.82) is 0 Å². The highest BCUT2D eigenvalue weighted by Crippen LogP contribution is 2.27. The molecule has 0 heterocycles. The monoisotopic (exact) mass is 966 g/mol. The molecular weight excluding hydrogens is 897 g/mol. The van der Waals surface area contributed by atoms with Crippen molar-refractivity contribution in [3.63, 3.8) is 0 Å². The zero-order valence-electron chi connectivity index (χ0n) is 41.5. The molecule has 378 valence electrons. The van der Waals surface area contributed by atoms with Gasteiger partial charge in [0.1, 0.15) is 35.6 Å². The molecule has 0 aliphatic carbocycles. The molecule has 2 amide bonds. The molecule has 4 aromatic rings. The minimum atomic E-state index is -1.53. The largest absolute Gasteiger partial charge is 0.448 e. The summed E-state index contributed by atoms with van der Waals surface area (Å²) in [5.74, 6) is -1.67. The van der Waals surface area contributed by atoms with Crippen LogP contribution in [-0.4, -0.2) is 118 Å². The van der Waals surface area contributed by atoms with Crippen LogP contribution in [0.2, 0.25) is 0 Å². The van der Waals surface area contributed by atoms with Gasteiger partial charge in [0, 0.05) is 48.4 Å². The summed E-state index contributed by atoms with van der Waals surface area (Å²) in [5.41, 5.74) is -1.57. The first-order valence-corrected chi connectivity index (χ1v) is 23.5. The van der Waals surface area contributed by atoms with E-state index in [9.17, 15) is 49.2 Å². The lowest BCUT2D eigenvalue weighted by Gasteiger charge is -2.22. The van der Waals surface area contributed by atoms with E-state index in [1.807, 2.05) is 0 Å². The molecular formula is C54H70N4O12. The van der Waals surface area contributed by atoms with E-state index in [1.165, 1.54) is 55.4 Å². The van der Waals surface area contributed by atoms with Gasteiger partial charge in [-0.2, -0.15) is 0 Å². The molecule has 0 bridgehead atoms. The van der Waals surface area contributed by atoms with E-state index in [0.717, 1.165) is 35.1 Å². The van der Waals surface area contributed by atoms with Crippen LogP contribution >= 0.6 is 0 Å². The number of aliphatic hydroxyl groups is 4. The predicted molar refractivity (Wildman–Crippen MR) is 265 cm³/mol. The van der Waals surface area contributed by atoms with Gasteiger partial charge in [-0.3, -0.25) is 19.2 Å². The number of carbonyl (C=O) groups excluding carboxylic acids is 6. The second kappa shape index (κ2) is 25.1. The number of ketones is 4. The first kappa shape index (κ1) is 56.4. The van der Waals surface area contributed by atoms with E-state index >= 15 is 0 Å². The van der Waals surface area contributed by atoms with Gasteiger partial charge < -0.3 is 51.2 Å². The summed E-state index contributed by atoms with van der Waals surface area (Å²) in [5, 5.41) is 53.0. The molecule has 0 saturated carbocycles. The van der Waals surface area contributed by atoms with Gasteiger partial charge in [0.15, 0.2) is 23.1 Å². The summed E-state index contributed by atoms with van der Waals surface area (Å²) < 4.78 is 10.8. The van der Waals surface area contributed by atoms with Crippen molar-refractivity contribution in [1.82, 2.24) is 21.3 Å². The fourth-order valence-electron chi connectivity index (χ4n) is 7.36. The van der Waals surface area contributed by atoms with Crippen LogP contribution in [0.3, 0.4) is 0 Å². The van der Waals surface area contributed by atoms with E-state index in [-0.39, 0.29) is 26.3 Å². The van der Waals surface area contributed by atoms with Gasteiger partial charge in [-0.25, -0.2) is 9.59 Å². The third-order valence-corrected chi connectivity index (χ3v) is 11.3. The van der Waals surface area contributed by atoms with Gasteiger partial charge in [-0.1, -0.05) is 110 Å². The van der Waals surface area contributed by atoms with Crippen molar-refractivity contribution in [3.05, 3.63) is 142 Å². The number of benzene rings is 4. The van der Waals surface area contributed by atoms with Crippen LogP contribution in [0.4, 0.5) is 9.59 Å². The van der Waals surface area contributed by atoms with E-state index in [0.29, 0.717) is 48.2 Å². The van der Waals surface area contributed by atoms with Crippen LogP contribution in [-0.2, 0) is 9.47 Å². The van der Waals surface area contributed by atoms with Crippen LogP contribution in [0.25, 0.3) is 0 Å². The van der Waals surface area contributed by atoms with E-state index in [1.54, 1.807) is 97.1 Å². The number of hydrogen-bond acceptors (Lipinski definition) is 14. The molecule has 16 heteroatoms. The normalized spacial score (nSPS) is 12.1. The maximum absolute atomic E-state index is 12.6. The third-order valence-electron chi connectivity index (χ3n) is 11.3. The van der Waals surface area contributed by atoms with Gasteiger partial charge in [0.05, 0.1) is 12.1 Å². The molecule has 8 N–H and O–H groups in total. The SMILES string of the molecule is CC(C)(O)C(=O)c1ccc(C(NCCOC(=O)NCCCCCCNC(=O)OCCNC(c2ccc(C(=O)C(C)(C)O)cc2)c2ccc(C(=O)C(C)(C)O)cc2)c2ccc(C(=O)C(C)(C)O)cc2)cc1. The minimum Gasteiger partial charge on any atom is -0.448 e. The van der Waals surface area contributed by atoms with Gasteiger partial charge >= 0.3 is 12.2 Å². The predicted octanol–water partition coefficient (Wildman–Crippen LogP) is 6.57. The molecule has 0 aliphatic rings. The first-order chi connectivity index (χ1) is 32.8. The fraction of sp³-hybridized carbons (Fsp3) is 0.444. The van der Waals surface area contributed by atoms with Crippen molar-refractivity contribution in [3.8, 4) is 0 Å². The highest BCUT2D eigenvalue weighted by Gasteiger charge is 2.29. The van der Waals surface area contributed by atoms with Crippen molar-refractivity contribution >= 4 is 35.3 Å². The van der Waals surface area contributed by atoms with Crippen LogP contribution in [0, 0.1) is 0 Å². The van der Waals surface area contributed by atoms with E-state index < -0.39 is 69.8 Å². The van der Waals surface area contributed by atoms with Crippen LogP contribution in [0.15, 0.2) is 97.1 Å². The average molecular weight is 967 g/mol. The standard InChI is InChI=1S/C54H70N4O12/c1-51(2,65)45(59)39-21-13-35(14-22-39)43(36-15-23-40(24-16-36)46(60)52(3,4)66)55-31-33-69-49(63)57-29-11-9-10-12-30-58-50(64)70-34-32-56-44(37-17-25-41(26-18-37)47(61)53(5,6)67)38-19-27-42(28-20-38)48(62)54(7,8)68/h13-28,43-44,55-56,65-68H,9-12,29-34H2,1-8H3,(H,57,63)(H,58,64). The Kier molecular flexibility index (Phi) is 20.3. The lowest BCUT2D eigenvalue weighted by atomic mass is 9.91. The number of Topliss-reactive ketones (excluding diaryl/α,β-unsaturated/α-hetero) is 4. The minimum absolute atomic E-state index is 0.0505. The highest BCUT2D eigenvalue weighted by molar-refractivity contribution is 6.03. The zero-order valence-corrected chi connectivity index (χ0v) is 41.5. The summed E-state index contributed by atoms with van der Waals surface area (Å²) in [7, 11) is 0. The Balaban J connectivity index is 1.16. The summed E-state index contributed by atoms with van der Waals surface area (Å²) in [6.45, 7) is 12.9. The molecule has 4 rings (SSSR count). The zero-order chi connectivity index (χ0) is 51.9. The van der Waals surface area contributed by atoms with Gasteiger partial charge in [-0.05, 0) is 90.5 Å². The van der Waals surface area contributed by atoms with Crippen molar-refractivity contribution in [2.75, 3.05) is 39.4 Å². The fourth-order valence-corrected chi connectivity index (χ4v) is 7.36. The number of alkyl carbamates (subject to hydrolysis) is 2. The summed E-state index contributed by atoms with van der Waals surface area (Å²) in [4.78, 5) is 75.4. The number of carbonyl (C=O) groups is 6. The third kappa shape index (κ3) is 17.4. The molecule has 0 fully saturated rings. The Labute approximate surface area is 410 Å². The summed E-state index contributed by atoms with van der Waals surface area (Å²) >= 11 is 0. The molecule has 0 aliphatic heterocycles. The van der Waals surface area contributed by atoms with Crippen molar-refractivity contribution in [2.24, 2.45) is 0 Å². The number of hydrogen-bond donors (Lipinski definition) is 8. The maximum Gasteiger partial charge on any atom is 0.407 e. The number of rotatable bonds is 27. The smallest absolute Gasteiger partial charge is 0.407 e. The second-order valence-corrected chi connectivity index (χ2v) is 19.4. The molecule has 0 atom stereocenters. The Morgan fingerprint density at radius 2 is 0.614 bits per heavy atom. The number of amides is 2. The first-order valence-electron chi connectivity index (χ1n) is 23.5. The molecule has 0 radical (unpaired) electrons. The Morgan fingerprint density at radius 3 is 0.829 bits per heavy atom. The second-order valence-electron chi connectivity index (χ2n) is 19.4. The van der Waals surface area contributed by atoms with Crippen molar-refractivity contribution in [2.45, 2.75) is 116 Å². The lowest BCUT2D eigenvalue weighted by Crippen LogP contribution is -2.32. The number of ether oxygens (including phenoxy) is 2. The average Bonchev–Trinajstić information content (AvgIpc) is 3.30. The van der Waals surface area contributed by atoms with Crippen LogP contribution < -0.4 is 21.3 Å². The topological polar surface area (TPSA) is 250 Å². The van der Waals surface area contributed by atoms with Crippen molar-refractivity contribution < 1.29 is 58.7 Å². The number of unbranched alkanes of at least 4 members (excludes halogenated alkanes) is 3. The lowest BCUT2D eigenvalue weighted by molar-refractivity contribution is 0.0487. The molecule has 70 heavy (non-hydrogen) atoms. The highest BCUT2D eigenvalue weighted by atomic mass is 16.6.